The molecule has 1 N–H and O–H groups in total. The number of para-hydroxylation sites is 1. The highest BCUT2D eigenvalue weighted by Gasteiger charge is 2.14. The van der Waals surface area contributed by atoms with Gasteiger partial charge in [0.2, 0.25) is 5.88 Å². The molecular formula is C17H23N3O. The van der Waals surface area contributed by atoms with Crippen molar-refractivity contribution in [3.05, 3.63) is 41.7 Å². The van der Waals surface area contributed by atoms with Crippen molar-refractivity contribution >= 4 is 5.82 Å². The average Bonchev–Trinajstić information content (AvgIpc) is 2.54. The van der Waals surface area contributed by atoms with Crippen LogP contribution < -0.4 is 10.1 Å². The molecule has 0 saturated carbocycles. The summed E-state index contributed by atoms with van der Waals surface area (Å²) >= 11 is 0. The molecule has 0 fully saturated rings. The number of hydrogen-bond acceptors (Lipinski definition) is 4. The monoisotopic (exact) mass is 285 g/mol. The van der Waals surface area contributed by atoms with Gasteiger partial charge in [-0.15, -0.1) is 0 Å². The van der Waals surface area contributed by atoms with Gasteiger partial charge < -0.3 is 10.1 Å². The van der Waals surface area contributed by atoms with Crippen LogP contribution in [-0.2, 0) is 6.42 Å². The van der Waals surface area contributed by atoms with Crippen LogP contribution in [0.1, 0.15) is 44.2 Å². The lowest BCUT2D eigenvalue weighted by Gasteiger charge is -2.17. The number of anilines is 1. The number of rotatable bonds is 6. The largest absolute Gasteiger partial charge is 0.438 e. The molecule has 1 unspecified atom stereocenters. The average molecular weight is 285 g/mol. The standard InChI is InChI=1S/C17H23N3O/c1-5-12(3)14-9-7-8-10-15(14)21-17-13(6-2)16(18-4)19-11-20-17/h7-12H,5-6H2,1-4H3,(H,18,19,20). The molecule has 4 heteroatoms. The van der Waals surface area contributed by atoms with Crippen molar-refractivity contribution in [1.29, 1.82) is 0 Å². The quantitative estimate of drug-likeness (QED) is 0.855. The number of ether oxygens (including phenoxy) is 1. The maximum atomic E-state index is 6.11. The van der Waals surface area contributed by atoms with Gasteiger partial charge >= 0.3 is 0 Å². The smallest absolute Gasteiger partial charge is 0.227 e. The Morgan fingerprint density at radius 1 is 1.19 bits per heavy atom. The van der Waals surface area contributed by atoms with Crippen molar-refractivity contribution in [3.63, 3.8) is 0 Å². The Morgan fingerprint density at radius 3 is 2.62 bits per heavy atom. The van der Waals surface area contributed by atoms with Crippen LogP contribution in [0.15, 0.2) is 30.6 Å². The molecule has 0 radical (unpaired) electrons. The van der Waals surface area contributed by atoms with Crippen LogP contribution in [0.25, 0.3) is 0 Å². The lowest BCUT2D eigenvalue weighted by Crippen LogP contribution is -2.04. The molecule has 0 aliphatic carbocycles. The Kier molecular flexibility index (Phi) is 5.14. The molecule has 0 spiro atoms. The normalized spacial score (nSPS) is 12.0. The van der Waals surface area contributed by atoms with Gasteiger partial charge in [-0.25, -0.2) is 9.97 Å². The van der Waals surface area contributed by atoms with Gasteiger partial charge in [0.1, 0.15) is 17.9 Å². The molecule has 1 aromatic carbocycles. The second-order valence-corrected chi connectivity index (χ2v) is 5.06. The number of nitrogens with zero attached hydrogens (tertiary/aromatic N) is 2. The van der Waals surface area contributed by atoms with E-state index in [0.29, 0.717) is 11.8 Å². The van der Waals surface area contributed by atoms with Crippen LogP contribution in [0.3, 0.4) is 0 Å². The Labute approximate surface area is 126 Å². The highest BCUT2D eigenvalue weighted by atomic mass is 16.5. The Balaban J connectivity index is 2.39. The van der Waals surface area contributed by atoms with Crippen molar-refractivity contribution in [2.75, 3.05) is 12.4 Å². The molecule has 0 saturated heterocycles. The van der Waals surface area contributed by atoms with Crippen molar-refractivity contribution in [2.45, 2.75) is 39.5 Å². The van der Waals surface area contributed by atoms with Gasteiger partial charge in [0.15, 0.2) is 0 Å². The molecular weight excluding hydrogens is 262 g/mol. The van der Waals surface area contributed by atoms with E-state index in [0.717, 1.165) is 30.0 Å². The predicted octanol–water partition coefficient (Wildman–Crippen LogP) is 4.39. The molecule has 21 heavy (non-hydrogen) atoms. The van der Waals surface area contributed by atoms with Crippen LogP contribution in [-0.4, -0.2) is 17.0 Å². The first-order chi connectivity index (χ1) is 10.2. The second kappa shape index (κ2) is 7.07. The Hall–Kier alpha value is -2.10. The SMILES string of the molecule is CCc1c(NC)ncnc1Oc1ccccc1C(C)CC. The second-order valence-electron chi connectivity index (χ2n) is 5.06. The zero-order valence-electron chi connectivity index (χ0n) is 13.2. The van der Waals surface area contributed by atoms with Crippen LogP contribution in [0, 0.1) is 0 Å². The minimum absolute atomic E-state index is 0.455. The first kappa shape index (κ1) is 15.3. The summed E-state index contributed by atoms with van der Waals surface area (Å²) in [4.78, 5) is 8.55. The first-order valence-corrected chi connectivity index (χ1v) is 7.49. The molecule has 0 aliphatic heterocycles. The van der Waals surface area contributed by atoms with Crippen LogP contribution >= 0.6 is 0 Å². The summed E-state index contributed by atoms with van der Waals surface area (Å²) in [6.07, 6.45) is 3.43. The summed E-state index contributed by atoms with van der Waals surface area (Å²) in [5, 5.41) is 3.09. The fourth-order valence-electron chi connectivity index (χ4n) is 2.32. The third-order valence-corrected chi connectivity index (χ3v) is 3.77. The van der Waals surface area contributed by atoms with E-state index in [1.54, 1.807) is 0 Å². The predicted molar refractivity (Wildman–Crippen MR) is 86.2 cm³/mol. The van der Waals surface area contributed by atoms with E-state index in [1.165, 1.54) is 11.9 Å². The van der Waals surface area contributed by atoms with Gasteiger partial charge in [-0.05, 0) is 30.4 Å². The summed E-state index contributed by atoms with van der Waals surface area (Å²) in [5.74, 6) is 2.79. The summed E-state index contributed by atoms with van der Waals surface area (Å²) in [6, 6.07) is 8.17. The summed E-state index contributed by atoms with van der Waals surface area (Å²) in [5.41, 5.74) is 2.21. The van der Waals surface area contributed by atoms with E-state index in [2.05, 4.69) is 42.1 Å². The molecule has 0 bridgehead atoms. The summed E-state index contributed by atoms with van der Waals surface area (Å²) in [6.45, 7) is 6.47. The van der Waals surface area contributed by atoms with Gasteiger partial charge in [-0.2, -0.15) is 0 Å². The number of hydrogen-bond donors (Lipinski definition) is 1. The lowest BCUT2D eigenvalue weighted by atomic mass is 9.98. The van der Waals surface area contributed by atoms with E-state index in [9.17, 15) is 0 Å². The molecule has 2 rings (SSSR count). The topological polar surface area (TPSA) is 47.0 Å². The van der Waals surface area contributed by atoms with Gasteiger partial charge in [-0.1, -0.05) is 39.0 Å². The summed E-state index contributed by atoms with van der Waals surface area (Å²) < 4.78 is 6.11. The van der Waals surface area contributed by atoms with E-state index in [4.69, 9.17) is 4.74 Å². The number of nitrogens with one attached hydrogen (secondary N) is 1. The van der Waals surface area contributed by atoms with Crippen LogP contribution in [0.4, 0.5) is 5.82 Å². The summed E-state index contributed by atoms with van der Waals surface area (Å²) in [7, 11) is 1.86. The first-order valence-electron chi connectivity index (χ1n) is 7.49. The lowest BCUT2D eigenvalue weighted by molar-refractivity contribution is 0.445. The van der Waals surface area contributed by atoms with E-state index in [1.807, 2.05) is 25.2 Å². The van der Waals surface area contributed by atoms with E-state index < -0.39 is 0 Å². The van der Waals surface area contributed by atoms with Gasteiger partial charge in [0.25, 0.3) is 0 Å². The van der Waals surface area contributed by atoms with Crippen molar-refractivity contribution < 1.29 is 4.74 Å². The van der Waals surface area contributed by atoms with E-state index >= 15 is 0 Å². The Morgan fingerprint density at radius 2 is 1.95 bits per heavy atom. The van der Waals surface area contributed by atoms with Crippen molar-refractivity contribution in [3.8, 4) is 11.6 Å². The molecule has 112 valence electrons. The van der Waals surface area contributed by atoms with Crippen molar-refractivity contribution in [2.24, 2.45) is 0 Å². The zero-order chi connectivity index (χ0) is 15.2. The molecule has 4 nitrogen and oxygen atoms in total. The molecule has 0 amide bonds. The van der Waals surface area contributed by atoms with Gasteiger partial charge in [0, 0.05) is 7.05 Å². The fraction of sp³-hybridized carbons (Fsp3) is 0.412. The molecule has 1 atom stereocenters. The number of benzene rings is 1. The highest BCUT2D eigenvalue weighted by molar-refractivity contribution is 5.50. The number of aromatic nitrogens is 2. The minimum Gasteiger partial charge on any atom is -0.438 e. The molecule has 1 heterocycles. The minimum atomic E-state index is 0.455. The van der Waals surface area contributed by atoms with Crippen LogP contribution in [0.5, 0.6) is 11.6 Å². The highest BCUT2D eigenvalue weighted by Crippen LogP contribution is 2.33. The zero-order valence-corrected chi connectivity index (χ0v) is 13.2. The fourth-order valence-corrected chi connectivity index (χ4v) is 2.32. The molecule has 2 aromatic rings. The molecule has 1 aromatic heterocycles. The maximum absolute atomic E-state index is 6.11. The third-order valence-electron chi connectivity index (χ3n) is 3.77. The van der Waals surface area contributed by atoms with Gasteiger partial charge in [-0.3, -0.25) is 0 Å². The maximum Gasteiger partial charge on any atom is 0.227 e. The van der Waals surface area contributed by atoms with Crippen molar-refractivity contribution in [1.82, 2.24) is 9.97 Å². The van der Waals surface area contributed by atoms with Gasteiger partial charge in [0.05, 0.1) is 5.56 Å². The third kappa shape index (κ3) is 3.32. The molecule has 0 aliphatic rings. The van der Waals surface area contributed by atoms with E-state index in [-0.39, 0.29) is 0 Å². The Bertz CT molecular complexity index is 598. The van der Waals surface area contributed by atoms with Crippen LogP contribution in [0.2, 0.25) is 0 Å².